The predicted octanol–water partition coefficient (Wildman–Crippen LogP) is 0.0377. The highest BCUT2D eigenvalue weighted by molar-refractivity contribution is 5.75. The van der Waals surface area contributed by atoms with Crippen molar-refractivity contribution < 1.29 is 9.90 Å². The molecule has 0 aliphatic carbocycles. The summed E-state index contributed by atoms with van der Waals surface area (Å²) in [5, 5.41) is 17.1. The number of hydrogen-bond acceptors (Lipinski definition) is 4. The summed E-state index contributed by atoms with van der Waals surface area (Å²) in [7, 11) is 0. The minimum atomic E-state index is -1.14. The summed E-state index contributed by atoms with van der Waals surface area (Å²) in [5.41, 5.74) is 5.94. The first-order valence-corrected chi connectivity index (χ1v) is 3.48. The molecular formula is C8H7N3O2. The van der Waals surface area contributed by atoms with E-state index >= 15 is 0 Å². The molecular weight excluding hydrogens is 170 g/mol. The van der Waals surface area contributed by atoms with Crippen LogP contribution in [0, 0.1) is 11.3 Å². The minimum absolute atomic E-state index is 0.300. The second kappa shape index (κ2) is 3.65. The van der Waals surface area contributed by atoms with Gasteiger partial charge in [-0.1, -0.05) is 0 Å². The Bertz CT molecular complexity index is 370. The SMILES string of the molecule is N#Cc1cncc([C@H](N)C(=O)O)c1. The average molecular weight is 177 g/mol. The molecule has 1 aromatic rings. The molecule has 0 aliphatic heterocycles. The third-order valence-corrected chi connectivity index (χ3v) is 1.51. The Kier molecular flexibility index (Phi) is 2.57. The molecule has 1 atom stereocenters. The molecule has 0 amide bonds. The van der Waals surface area contributed by atoms with E-state index in [-0.39, 0.29) is 0 Å². The second-order valence-electron chi connectivity index (χ2n) is 2.43. The smallest absolute Gasteiger partial charge is 0.325 e. The average Bonchev–Trinajstić information content (AvgIpc) is 2.16. The number of nitriles is 1. The number of carboxylic acid groups (broad SMARTS) is 1. The molecule has 0 fully saturated rings. The van der Waals surface area contributed by atoms with Gasteiger partial charge in [-0.15, -0.1) is 0 Å². The van der Waals surface area contributed by atoms with Crippen LogP contribution in [0.1, 0.15) is 17.2 Å². The fourth-order valence-corrected chi connectivity index (χ4v) is 0.832. The van der Waals surface area contributed by atoms with Gasteiger partial charge >= 0.3 is 5.97 Å². The van der Waals surface area contributed by atoms with Gasteiger partial charge in [-0.05, 0) is 11.6 Å². The van der Waals surface area contributed by atoms with E-state index in [0.29, 0.717) is 11.1 Å². The molecule has 0 aromatic carbocycles. The van der Waals surface area contributed by atoms with Crippen LogP contribution < -0.4 is 5.73 Å². The van der Waals surface area contributed by atoms with Crippen molar-refractivity contribution in [1.82, 2.24) is 4.98 Å². The molecule has 3 N–H and O–H groups in total. The quantitative estimate of drug-likeness (QED) is 0.664. The van der Waals surface area contributed by atoms with Crippen molar-refractivity contribution in [1.29, 1.82) is 5.26 Å². The van der Waals surface area contributed by atoms with E-state index in [1.807, 2.05) is 6.07 Å². The first kappa shape index (κ1) is 9.16. The summed E-state index contributed by atoms with van der Waals surface area (Å²) < 4.78 is 0. The highest BCUT2D eigenvalue weighted by Gasteiger charge is 2.14. The van der Waals surface area contributed by atoms with Crippen molar-refractivity contribution in [3.8, 4) is 6.07 Å². The number of nitrogens with two attached hydrogens (primary N) is 1. The highest BCUT2D eigenvalue weighted by atomic mass is 16.4. The lowest BCUT2D eigenvalue weighted by atomic mass is 10.1. The maximum Gasteiger partial charge on any atom is 0.325 e. The third-order valence-electron chi connectivity index (χ3n) is 1.51. The molecule has 0 radical (unpaired) electrons. The van der Waals surface area contributed by atoms with Crippen LogP contribution in [0.15, 0.2) is 18.5 Å². The lowest BCUT2D eigenvalue weighted by Crippen LogP contribution is -2.20. The van der Waals surface area contributed by atoms with Crippen molar-refractivity contribution in [2.24, 2.45) is 5.73 Å². The van der Waals surface area contributed by atoms with E-state index in [2.05, 4.69) is 4.98 Å². The van der Waals surface area contributed by atoms with E-state index in [9.17, 15) is 4.79 Å². The summed E-state index contributed by atoms with van der Waals surface area (Å²) >= 11 is 0. The van der Waals surface area contributed by atoms with E-state index in [1.54, 1.807) is 0 Å². The molecule has 0 saturated heterocycles. The Morgan fingerprint density at radius 3 is 2.92 bits per heavy atom. The van der Waals surface area contributed by atoms with Crippen LogP contribution in [-0.2, 0) is 4.79 Å². The summed E-state index contributed by atoms with van der Waals surface area (Å²) in [5.74, 6) is -1.14. The highest BCUT2D eigenvalue weighted by Crippen LogP contribution is 2.10. The van der Waals surface area contributed by atoms with Crippen LogP contribution in [0.4, 0.5) is 0 Å². The van der Waals surface area contributed by atoms with Crippen molar-refractivity contribution in [3.05, 3.63) is 29.6 Å². The molecule has 1 aromatic heterocycles. The number of rotatable bonds is 2. The number of nitrogens with zero attached hydrogens (tertiary/aromatic N) is 2. The number of pyridine rings is 1. The molecule has 0 spiro atoms. The molecule has 1 rings (SSSR count). The summed E-state index contributed by atoms with van der Waals surface area (Å²) in [6.07, 6.45) is 2.68. The number of aromatic nitrogens is 1. The van der Waals surface area contributed by atoms with Crippen molar-refractivity contribution in [2.75, 3.05) is 0 Å². The normalized spacial score (nSPS) is 11.7. The monoisotopic (exact) mass is 177 g/mol. The Morgan fingerprint density at radius 1 is 1.69 bits per heavy atom. The number of carboxylic acids is 1. The van der Waals surface area contributed by atoms with Crippen LogP contribution in [0.5, 0.6) is 0 Å². The van der Waals surface area contributed by atoms with Gasteiger partial charge in [0, 0.05) is 12.4 Å². The summed E-state index contributed by atoms with van der Waals surface area (Å²) in [6, 6.07) is 2.13. The molecule has 66 valence electrons. The van der Waals surface area contributed by atoms with Crippen LogP contribution in [0.3, 0.4) is 0 Å². The van der Waals surface area contributed by atoms with Crippen LogP contribution in [0.2, 0.25) is 0 Å². The molecule has 5 heteroatoms. The predicted molar refractivity (Wildman–Crippen MR) is 43.5 cm³/mol. The Labute approximate surface area is 74.4 Å². The van der Waals surface area contributed by atoms with Gasteiger partial charge in [-0.3, -0.25) is 9.78 Å². The van der Waals surface area contributed by atoms with Crippen LogP contribution >= 0.6 is 0 Å². The van der Waals surface area contributed by atoms with Crippen molar-refractivity contribution >= 4 is 5.97 Å². The molecule has 5 nitrogen and oxygen atoms in total. The zero-order chi connectivity index (χ0) is 9.84. The lowest BCUT2D eigenvalue weighted by Gasteiger charge is -2.04. The number of carbonyl (C=O) groups is 1. The first-order valence-electron chi connectivity index (χ1n) is 3.48. The van der Waals surface area contributed by atoms with Gasteiger partial charge in [0.05, 0.1) is 5.56 Å². The van der Waals surface area contributed by atoms with Crippen molar-refractivity contribution in [3.63, 3.8) is 0 Å². The summed E-state index contributed by atoms with van der Waals surface area (Å²) in [6.45, 7) is 0. The molecule has 0 unspecified atom stereocenters. The van der Waals surface area contributed by atoms with Crippen LogP contribution in [0.25, 0.3) is 0 Å². The van der Waals surface area contributed by atoms with Gasteiger partial charge in [0.2, 0.25) is 0 Å². The van der Waals surface area contributed by atoms with E-state index in [0.717, 1.165) is 0 Å². The topological polar surface area (TPSA) is 100 Å². The van der Waals surface area contributed by atoms with Gasteiger partial charge in [0.15, 0.2) is 0 Å². The second-order valence-corrected chi connectivity index (χ2v) is 2.43. The maximum absolute atomic E-state index is 10.5. The standard InChI is InChI=1S/C8H7N3O2/c9-2-5-1-6(4-11-3-5)7(10)8(12)13/h1,3-4,7H,10H2,(H,12,13)/t7-/m0/s1. The zero-order valence-corrected chi connectivity index (χ0v) is 6.64. The summed E-state index contributed by atoms with van der Waals surface area (Å²) in [4.78, 5) is 14.2. The molecule has 0 aliphatic rings. The molecule has 1 heterocycles. The number of aliphatic carboxylic acids is 1. The minimum Gasteiger partial charge on any atom is -0.480 e. The van der Waals surface area contributed by atoms with Gasteiger partial charge in [-0.2, -0.15) is 5.26 Å². The number of hydrogen-bond donors (Lipinski definition) is 2. The van der Waals surface area contributed by atoms with Gasteiger partial charge in [-0.25, -0.2) is 0 Å². The van der Waals surface area contributed by atoms with E-state index < -0.39 is 12.0 Å². The molecule has 0 saturated carbocycles. The Morgan fingerprint density at radius 2 is 2.38 bits per heavy atom. The zero-order valence-electron chi connectivity index (χ0n) is 6.64. The third kappa shape index (κ3) is 2.01. The van der Waals surface area contributed by atoms with E-state index in [4.69, 9.17) is 16.1 Å². The van der Waals surface area contributed by atoms with Crippen LogP contribution in [-0.4, -0.2) is 16.1 Å². The van der Waals surface area contributed by atoms with Gasteiger partial charge < -0.3 is 10.8 Å². The van der Waals surface area contributed by atoms with E-state index in [1.165, 1.54) is 18.5 Å². The maximum atomic E-state index is 10.5. The first-order chi connectivity index (χ1) is 6.15. The largest absolute Gasteiger partial charge is 0.480 e. The fourth-order valence-electron chi connectivity index (χ4n) is 0.832. The van der Waals surface area contributed by atoms with Gasteiger partial charge in [0.25, 0.3) is 0 Å². The molecule has 0 bridgehead atoms. The van der Waals surface area contributed by atoms with Crippen molar-refractivity contribution in [2.45, 2.75) is 6.04 Å². The Balaban J connectivity index is 3.03. The van der Waals surface area contributed by atoms with Gasteiger partial charge in [0.1, 0.15) is 12.1 Å². The fraction of sp³-hybridized carbons (Fsp3) is 0.125. The Hall–Kier alpha value is -1.93. The lowest BCUT2D eigenvalue weighted by molar-refractivity contribution is -0.138. The molecule has 13 heavy (non-hydrogen) atoms.